The molecular formula is C13H12N2. The number of aliphatic imine (C=N–C) groups is 1. The molecule has 2 nitrogen and oxygen atoms in total. The van der Waals surface area contributed by atoms with Gasteiger partial charge in [0.05, 0.1) is 5.69 Å². The van der Waals surface area contributed by atoms with Crippen LogP contribution in [0, 0.1) is 0 Å². The molecule has 0 amide bonds. The number of nitrogen functional groups attached to an aromatic ring is 1. The second kappa shape index (κ2) is 3.96. The van der Waals surface area contributed by atoms with Crippen molar-refractivity contribution in [3.8, 4) is 11.1 Å². The Kier molecular flexibility index (Phi) is 2.50. The highest BCUT2D eigenvalue weighted by atomic mass is 14.7. The number of benzene rings is 2. The molecule has 0 bridgehead atoms. The largest absolute Gasteiger partial charge is 0.399 e. The van der Waals surface area contributed by atoms with Gasteiger partial charge in [0.15, 0.2) is 0 Å². The topological polar surface area (TPSA) is 38.4 Å². The maximum Gasteiger partial charge on any atom is 0.0628 e. The number of hydrogen-bond donors (Lipinski definition) is 1. The van der Waals surface area contributed by atoms with Crippen molar-refractivity contribution in [2.45, 2.75) is 0 Å². The Morgan fingerprint density at radius 2 is 1.60 bits per heavy atom. The van der Waals surface area contributed by atoms with Gasteiger partial charge in [-0.1, -0.05) is 24.3 Å². The molecule has 0 atom stereocenters. The van der Waals surface area contributed by atoms with E-state index in [0.29, 0.717) is 0 Å². The van der Waals surface area contributed by atoms with Gasteiger partial charge in [-0.2, -0.15) is 0 Å². The molecule has 0 aliphatic rings. The van der Waals surface area contributed by atoms with Gasteiger partial charge in [0.25, 0.3) is 0 Å². The zero-order valence-electron chi connectivity index (χ0n) is 8.35. The van der Waals surface area contributed by atoms with Gasteiger partial charge >= 0.3 is 0 Å². The van der Waals surface area contributed by atoms with Crippen LogP contribution >= 0.6 is 0 Å². The number of nitrogens with zero attached hydrogens (tertiary/aromatic N) is 1. The number of nitrogens with two attached hydrogens (primary N) is 1. The standard InChI is InChI=1S/C13H12N2/c1-15-13-7-3-5-11(9-13)10-4-2-6-12(14)8-10/h2-9H,1,14H2. The first-order valence-electron chi connectivity index (χ1n) is 4.72. The summed E-state index contributed by atoms with van der Waals surface area (Å²) >= 11 is 0. The molecule has 2 aromatic rings. The lowest BCUT2D eigenvalue weighted by Crippen LogP contribution is -1.84. The van der Waals surface area contributed by atoms with Crippen molar-refractivity contribution in [3.63, 3.8) is 0 Å². The van der Waals surface area contributed by atoms with Crippen LogP contribution in [0.5, 0.6) is 0 Å². The molecule has 15 heavy (non-hydrogen) atoms. The summed E-state index contributed by atoms with van der Waals surface area (Å²) < 4.78 is 0. The lowest BCUT2D eigenvalue weighted by atomic mass is 10.0. The van der Waals surface area contributed by atoms with Crippen LogP contribution in [0.3, 0.4) is 0 Å². The van der Waals surface area contributed by atoms with E-state index in [0.717, 1.165) is 22.5 Å². The smallest absolute Gasteiger partial charge is 0.0628 e. The van der Waals surface area contributed by atoms with Crippen molar-refractivity contribution in [3.05, 3.63) is 48.5 Å². The van der Waals surface area contributed by atoms with Crippen LogP contribution in [-0.4, -0.2) is 6.72 Å². The van der Waals surface area contributed by atoms with Gasteiger partial charge in [0, 0.05) is 5.69 Å². The highest BCUT2D eigenvalue weighted by molar-refractivity contribution is 5.70. The molecule has 0 saturated carbocycles. The summed E-state index contributed by atoms with van der Waals surface area (Å²) in [7, 11) is 0. The number of hydrogen-bond acceptors (Lipinski definition) is 2. The molecule has 2 heteroatoms. The van der Waals surface area contributed by atoms with Crippen LogP contribution in [-0.2, 0) is 0 Å². The van der Waals surface area contributed by atoms with E-state index in [-0.39, 0.29) is 0 Å². The van der Waals surface area contributed by atoms with Gasteiger partial charge < -0.3 is 5.73 Å². The van der Waals surface area contributed by atoms with Gasteiger partial charge in [-0.3, -0.25) is 4.99 Å². The molecule has 0 spiro atoms. The van der Waals surface area contributed by atoms with E-state index in [1.165, 1.54) is 0 Å². The molecule has 0 radical (unpaired) electrons. The molecule has 0 unspecified atom stereocenters. The molecular weight excluding hydrogens is 184 g/mol. The van der Waals surface area contributed by atoms with Crippen molar-refractivity contribution in [2.75, 3.05) is 5.73 Å². The minimum Gasteiger partial charge on any atom is -0.399 e. The lowest BCUT2D eigenvalue weighted by Gasteiger charge is -2.03. The summed E-state index contributed by atoms with van der Waals surface area (Å²) in [6.07, 6.45) is 0. The third-order valence-corrected chi connectivity index (χ3v) is 2.25. The average Bonchev–Trinajstić information content (AvgIpc) is 2.29. The van der Waals surface area contributed by atoms with Crippen LogP contribution in [0.1, 0.15) is 0 Å². The fourth-order valence-corrected chi connectivity index (χ4v) is 1.50. The Morgan fingerprint density at radius 3 is 2.27 bits per heavy atom. The monoisotopic (exact) mass is 196 g/mol. The van der Waals surface area contributed by atoms with E-state index in [4.69, 9.17) is 5.73 Å². The van der Waals surface area contributed by atoms with Gasteiger partial charge in [0.2, 0.25) is 0 Å². The highest BCUT2D eigenvalue weighted by Gasteiger charge is 1.98. The van der Waals surface area contributed by atoms with Crippen molar-refractivity contribution < 1.29 is 0 Å². The zero-order valence-corrected chi connectivity index (χ0v) is 8.35. The fourth-order valence-electron chi connectivity index (χ4n) is 1.50. The summed E-state index contributed by atoms with van der Waals surface area (Å²) in [6, 6.07) is 15.7. The van der Waals surface area contributed by atoms with Gasteiger partial charge in [-0.15, -0.1) is 0 Å². The second-order valence-electron chi connectivity index (χ2n) is 3.33. The Morgan fingerprint density at radius 1 is 0.933 bits per heavy atom. The van der Waals surface area contributed by atoms with E-state index < -0.39 is 0 Å². The quantitative estimate of drug-likeness (QED) is 0.581. The molecule has 2 rings (SSSR count). The van der Waals surface area contributed by atoms with Crippen LogP contribution < -0.4 is 5.73 Å². The number of rotatable bonds is 2. The van der Waals surface area contributed by atoms with Crippen LogP contribution in [0.4, 0.5) is 11.4 Å². The van der Waals surface area contributed by atoms with Crippen molar-refractivity contribution >= 4 is 18.1 Å². The van der Waals surface area contributed by atoms with E-state index in [9.17, 15) is 0 Å². The van der Waals surface area contributed by atoms with Crippen LogP contribution in [0.25, 0.3) is 11.1 Å². The molecule has 0 fully saturated rings. The molecule has 0 saturated heterocycles. The minimum absolute atomic E-state index is 0.768. The predicted octanol–water partition coefficient (Wildman–Crippen LogP) is 3.27. The Balaban J connectivity index is 2.49. The summed E-state index contributed by atoms with van der Waals surface area (Å²) in [4.78, 5) is 3.90. The van der Waals surface area contributed by atoms with Gasteiger partial charge in [-0.05, 0) is 42.1 Å². The molecule has 0 heterocycles. The van der Waals surface area contributed by atoms with Crippen LogP contribution in [0.2, 0.25) is 0 Å². The highest BCUT2D eigenvalue weighted by Crippen LogP contribution is 2.24. The molecule has 74 valence electrons. The average molecular weight is 196 g/mol. The second-order valence-corrected chi connectivity index (χ2v) is 3.33. The van der Waals surface area contributed by atoms with Gasteiger partial charge in [0.1, 0.15) is 0 Å². The zero-order chi connectivity index (χ0) is 10.7. The van der Waals surface area contributed by atoms with Crippen molar-refractivity contribution in [1.82, 2.24) is 0 Å². The Bertz CT molecular complexity index is 489. The minimum atomic E-state index is 0.768. The maximum atomic E-state index is 5.73. The third kappa shape index (κ3) is 2.05. The third-order valence-electron chi connectivity index (χ3n) is 2.25. The molecule has 2 N–H and O–H groups in total. The SMILES string of the molecule is C=Nc1cccc(-c2cccc(N)c2)c1. The molecule has 0 aliphatic heterocycles. The van der Waals surface area contributed by atoms with Crippen molar-refractivity contribution in [1.29, 1.82) is 0 Å². The Hall–Kier alpha value is -2.09. The summed E-state index contributed by atoms with van der Waals surface area (Å²) in [5.41, 5.74) is 9.57. The Labute approximate surface area is 89.1 Å². The molecule has 0 aliphatic carbocycles. The molecule has 2 aromatic carbocycles. The number of anilines is 1. The first kappa shape index (κ1) is 9.46. The summed E-state index contributed by atoms with van der Waals surface area (Å²) in [5.74, 6) is 0. The lowest BCUT2D eigenvalue weighted by molar-refractivity contribution is 1.53. The first-order chi connectivity index (χ1) is 7.29. The van der Waals surface area contributed by atoms with E-state index >= 15 is 0 Å². The van der Waals surface area contributed by atoms with E-state index in [1.54, 1.807) is 0 Å². The van der Waals surface area contributed by atoms with E-state index in [1.807, 2.05) is 48.5 Å². The van der Waals surface area contributed by atoms with Crippen molar-refractivity contribution in [2.24, 2.45) is 4.99 Å². The predicted molar refractivity (Wildman–Crippen MR) is 65.5 cm³/mol. The first-order valence-corrected chi connectivity index (χ1v) is 4.72. The van der Waals surface area contributed by atoms with Crippen LogP contribution in [0.15, 0.2) is 53.5 Å². The normalized spacial score (nSPS) is 9.87. The summed E-state index contributed by atoms with van der Waals surface area (Å²) in [5, 5.41) is 0. The van der Waals surface area contributed by atoms with Gasteiger partial charge in [-0.25, -0.2) is 0 Å². The fraction of sp³-hybridized carbons (Fsp3) is 0. The molecule has 0 aromatic heterocycles. The van der Waals surface area contributed by atoms with E-state index in [2.05, 4.69) is 11.7 Å². The maximum absolute atomic E-state index is 5.73. The summed E-state index contributed by atoms with van der Waals surface area (Å²) in [6.45, 7) is 3.51.